The lowest BCUT2D eigenvalue weighted by atomic mass is 10.00. The number of rotatable bonds is 13. The minimum atomic E-state index is -2.94. The van der Waals surface area contributed by atoms with E-state index in [1.807, 2.05) is 54.8 Å². The first-order valence-corrected chi connectivity index (χ1v) is 16.2. The second-order valence-electron chi connectivity index (χ2n) is 9.96. The summed E-state index contributed by atoms with van der Waals surface area (Å²) < 4.78 is 23.0. The topological polar surface area (TPSA) is 117 Å². The van der Waals surface area contributed by atoms with Gasteiger partial charge in [0.25, 0.3) is 5.91 Å². The minimum absolute atomic E-state index is 0.302. The van der Waals surface area contributed by atoms with Crippen molar-refractivity contribution in [1.29, 1.82) is 0 Å². The maximum Gasteiger partial charge on any atom is 0.251 e. The van der Waals surface area contributed by atoms with E-state index in [0.29, 0.717) is 49.6 Å². The molecule has 3 aromatic rings. The molecule has 2 aromatic carbocycles. The molecule has 8 nitrogen and oxygen atoms in total. The van der Waals surface area contributed by atoms with Gasteiger partial charge in [0.2, 0.25) is 0 Å². The molecule has 10 heteroatoms. The summed E-state index contributed by atoms with van der Waals surface area (Å²) in [4.78, 5) is 14.8. The smallest absolute Gasteiger partial charge is 0.251 e. The number of amides is 1. The SMILES string of the molecule is C=Cc1csc(CNCC(O)C(Cc2ccccc2)NC(=O)c2cc(NCC)cc(N3CCCCS3(O)O)c2)c1. The molecule has 1 aliphatic heterocycles. The van der Waals surface area contributed by atoms with Gasteiger partial charge in [0.15, 0.2) is 0 Å². The molecule has 40 heavy (non-hydrogen) atoms. The highest BCUT2D eigenvalue weighted by atomic mass is 32.3. The van der Waals surface area contributed by atoms with Crippen LogP contribution in [-0.4, -0.2) is 57.7 Å². The van der Waals surface area contributed by atoms with Crippen LogP contribution in [0.5, 0.6) is 0 Å². The molecule has 2 heterocycles. The Labute approximate surface area is 242 Å². The lowest BCUT2D eigenvalue weighted by Crippen LogP contribution is -2.48. The van der Waals surface area contributed by atoms with Gasteiger partial charge in [-0.25, -0.2) is 0 Å². The zero-order valence-electron chi connectivity index (χ0n) is 22.9. The van der Waals surface area contributed by atoms with Crippen LogP contribution in [0.2, 0.25) is 0 Å². The lowest BCUT2D eigenvalue weighted by Gasteiger charge is -2.47. The highest BCUT2D eigenvalue weighted by molar-refractivity contribution is 8.25. The van der Waals surface area contributed by atoms with Crippen molar-refractivity contribution >= 4 is 45.5 Å². The summed E-state index contributed by atoms with van der Waals surface area (Å²) in [5.41, 5.74) is 3.79. The third-order valence-corrected chi connectivity index (χ3v) is 9.76. The Hall–Kier alpha value is -2.86. The summed E-state index contributed by atoms with van der Waals surface area (Å²) in [5.74, 6) is -0.0121. The average Bonchev–Trinajstić information content (AvgIpc) is 3.41. The van der Waals surface area contributed by atoms with Crippen LogP contribution in [0.4, 0.5) is 11.4 Å². The molecule has 0 radical (unpaired) electrons. The van der Waals surface area contributed by atoms with E-state index in [1.165, 1.54) is 0 Å². The molecule has 0 aliphatic carbocycles. The molecule has 1 amide bonds. The fourth-order valence-corrected chi connectivity index (χ4v) is 7.30. The van der Waals surface area contributed by atoms with Crippen LogP contribution in [0.1, 0.15) is 46.1 Å². The van der Waals surface area contributed by atoms with Crippen LogP contribution in [0.3, 0.4) is 0 Å². The normalized spacial score (nSPS) is 17.1. The van der Waals surface area contributed by atoms with E-state index in [-0.39, 0.29) is 5.91 Å². The zero-order chi connectivity index (χ0) is 28.5. The van der Waals surface area contributed by atoms with Crippen LogP contribution in [-0.2, 0) is 13.0 Å². The Morgan fingerprint density at radius 1 is 1.18 bits per heavy atom. The molecule has 1 aromatic heterocycles. The van der Waals surface area contributed by atoms with E-state index < -0.39 is 22.9 Å². The van der Waals surface area contributed by atoms with E-state index in [1.54, 1.807) is 27.8 Å². The standard InChI is InChI=1S/C30H40N4O4S2/c1-3-22-14-27(39-21-22)19-31-20-29(35)28(15-23-10-6-5-7-11-23)33-30(36)24-16-25(32-4-2)18-26(17-24)34-12-8-9-13-40(34,37)38/h3,5-7,10-11,14,16-18,21,28-29,31-32,35,37-38H,1,4,8-9,12-13,15,19-20H2,2H3,(H,33,36). The Morgan fingerprint density at radius 2 is 1.98 bits per heavy atom. The number of hydrogen-bond acceptors (Lipinski definition) is 8. The predicted molar refractivity (Wildman–Crippen MR) is 168 cm³/mol. The number of anilines is 2. The summed E-state index contributed by atoms with van der Waals surface area (Å²) in [6, 6.07) is 16.6. The van der Waals surface area contributed by atoms with Crippen LogP contribution >= 0.6 is 22.1 Å². The Kier molecular flexibility index (Phi) is 10.7. The van der Waals surface area contributed by atoms with Gasteiger partial charge in [-0.3, -0.25) is 18.2 Å². The minimum Gasteiger partial charge on any atom is -0.390 e. The van der Waals surface area contributed by atoms with E-state index in [4.69, 9.17) is 0 Å². The highest BCUT2D eigenvalue weighted by Gasteiger charge is 2.28. The number of carbonyl (C=O) groups is 1. The number of aliphatic hydroxyl groups is 1. The Morgan fingerprint density at radius 3 is 2.67 bits per heavy atom. The van der Waals surface area contributed by atoms with Crippen molar-refractivity contribution in [1.82, 2.24) is 10.6 Å². The van der Waals surface area contributed by atoms with Crippen molar-refractivity contribution in [2.45, 2.75) is 44.9 Å². The number of nitrogens with one attached hydrogen (secondary N) is 3. The van der Waals surface area contributed by atoms with Crippen molar-refractivity contribution in [2.75, 3.05) is 35.0 Å². The number of benzene rings is 2. The number of thiophene rings is 1. The summed E-state index contributed by atoms with van der Waals surface area (Å²) in [6.07, 6.45) is 3.04. The van der Waals surface area contributed by atoms with E-state index in [0.717, 1.165) is 34.5 Å². The molecule has 6 N–H and O–H groups in total. The van der Waals surface area contributed by atoms with E-state index in [9.17, 15) is 19.0 Å². The van der Waals surface area contributed by atoms with Crippen LogP contribution in [0.15, 0.2) is 66.6 Å². The summed E-state index contributed by atoms with van der Waals surface area (Å²) in [7, 11) is -2.94. The third-order valence-electron chi connectivity index (χ3n) is 6.87. The molecular weight excluding hydrogens is 544 g/mol. The molecule has 1 aliphatic rings. The summed E-state index contributed by atoms with van der Waals surface area (Å²) in [5, 5.41) is 22.8. The molecule has 1 saturated heterocycles. The van der Waals surface area contributed by atoms with Gasteiger partial charge in [-0.1, -0.05) is 43.0 Å². The largest absolute Gasteiger partial charge is 0.390 e. The van der Waals surface area contributed by atoms with Crippen LogP contribution < -0.4 is 20.3 Å². The second-order valence-corrected chi connectivity index (χ2v) is 13.1. The van der Waals surface area contributed by atoms with Gasteiger partial charge < -0.3 is 21.1 Å². The van der Waals surface area contributed by atoms with E-state index in [2.05, 4.69) is 28.6 Å². The van der Waals surface area contributed by atoms with Crippen molar-refractivity contribution in [3.63, 3.8) is 0 Å². The van der Waals surface area contributed by atoms with Crippen molar-refractivity contribution in [2.24, 2.45) is 0 Å². The first-order chi connectivity index (χ1) is 19.3. The lowest BCUT2D eigenvalue weighted by molar-refractivity contribution is 0.0830. The van der Waals surface area contributed by atoms with Gasteiger partial charge in [-0.15, -0.1) is 22.1 Å². The maximum atomic E-state index is 13.6. The predicted octanol–water partition coefficient (Wildman–Crippen LogP) is 5.58. The molecule has 2 atom stereocenters. The fourth-order valence-electron chi connectivity index (χ4n) is 4.78. The maximum absolute atomic E-state index is 13.6. The molecule has 0 spiro atoms. The Balaban J connectivity index is 1.52. The van der Waals surface area contributed by atoms with E-state index >= 15 is 0 Å². The van der Waals surface area contributed by atoms with Gasteiger partial charge in [0.05, 0.1) is 23.6 Å². The number of hydrogen-bond donors (Lipinski definition) is 6. The molecule has 0 bridgehead atoms. The number of aliphatic hydroxyl groups excluding tert-OH is 1. The highest BCUT2D eigenvalue weighted by Crippen LogP contribution is 2.50. The monoisotopic (exact) mass is 584 g/mol. The zero-order valence-corrected chi connectivity index (χ0v) is 24.5. The van der Waals surface area contributed by atoms with Gasteiger partial charge >= 0.3 is 0 Å². The summed E-state index contributed by atoms with van der Waals surface area (Å²) in [6.45, 7) is 7.84. The van der Waals surface area contributed by atoms with Gasteiger partial charge in [0, 0.05) is 42.3 Å². The van der Waals surface area contributed by atoms with Crippen LogP contribution in [0.25, 0.3) is 6.08 Å². The second kappa shape index (κ2) is 14.2. The number of carbonyl (C=O) groups excluding carboxylic acids is 1. The van der Waals surface area contributed by atoms with Crippen molar-refractivity contribution in [3.05, 3.63) is 88.1 Å². The third kappa shape index (κ3) is 8.09. The molecule has 1 fully saturated rings. The van der Waals surface area contributed by atoms with Crippen molar-refractivity contribution in [3.8, 4) is 0 Å². The first kappa shape index (κ1) is 30.1. The summed E-state index contributed by atoms with van der Waals surface area (Å²) >= 11 is 1.63. The molecule has 4 rings (SSSR count). The molecule has 216 valence electrons. The van der Waals surface area contributed by atoms with Gasteiger partial charge in [-0.05, 0) is 67.0 Å². The quantitative estimate of drug-likeness (QED) is 0.155. The molecular formula is C30H40N4O4S2. The first-order valence-electron chi connectivity index (χ1n) is 13.6. The molecule has 2 unspecified atom stereocenters. The van der Waals surface area contributed by atoms with Gasteiger partial charge in [-0.2, -0.15) is 0 Å². The average molecular weight is 585 g/mol. The molecule has 0 saturated carbocycles. The van der Waals surface area contributed by atoms with Crippen LogP contribution in [0, 0.1) is 0 Å². The Bertz CT molecular complexity index is 1270. The van der Waals surface area contributed by atoms with Crippen molar-refractivity contribution < 1.29 is 19.0 Å². The fraction of sp³-hybridized carbons (Fsp3) is 0.367. The van der Waals surface area contributed by atoms with Gasteiger partial charge in [0.1, 0.15) is 0 Å². The number of nitrogens with zero attached hydrogens (tertiary/aromatic N) is 1.